The summed E-state index contributed by atoms with van der Waals surface area (Å²) in [7, 11) is -5.02. The molecule has 1 aromatic carbocycles. The molecule has 1 aromatic rings. The highest BCUT2D eigenvalue weighted by molar-refractivity contribution is 7.81. The summed E-state index contributed by atoms with van der Waals surface area (Å²) in [5, 5.41) is 0. The standard InChI is InChI=1S/C9H10FNO4S/c10-16(13,14)15-8-3-1-2-7(6-8)4-5-9(11)12/h1-3,6H,4-5H2,(H2,11,12). The van der Waals surface area contributed by atoms with Crippen molar-refractivity contribution in [3.05, 3.63) is 29.8 Å². The molecule has 0 aliphatic rings. The fourth-order valence-corrected chi connectivity index (χ4v) is 1.47. The number of hydrogen-bond acceptors (Lipinski definition) is 4. The molecule has 0 heterocycles. The first-order valence-electron chi connectivity index (χ1n) is 4.38. The number of aryl methyl sites for hydroxylation is 1. The normalized spacial score (nSPS) is 11.1. The third-order valence-corrected chi connectivity index (χ3v) is 2.15. The number of benzene rings is 1. The van der Waals surface area contributed by atoms with Gasteiger partial charge in [-0.05, 0) is 24.1 Å². The zero-order valence-corrected chi connectivity index (χ0v) is 9.04. The van der Waals surface area contributed by atoms with Crippen molar-refractivity contribution in [1.82, 2.24) is 0 Å². The van der Waals surface area contributed by atoms with E-state index in [0.29, 0.717) is 12.0 Å². The highest BCUT2D eigenvalue weighted by atomic mass is 32.3. The molecule has 5 nitrogen and oxygen atoms in total. The zero-order valence-electron chi connectivity index (χ0n) is 8.22. The highest BCUT2D eigenvalue weighted by Gasteiger charge is 2.09. The fraction of sp³-hybridized carbons (Fsp3) is 0.222. The summed E-state index contributed by atoms with van der Waals surface area (Å²) in [6.45, 7) is 0. The summed E-state index contributed by atoms with van der Waals surface area (Å²) in [5.41, 5.74) is 5.59. The minimum atomic E-state index is -5.02. The number of nitrogens with two attached hydrogens (primary N) is 1. The second-order valence-electron chi connectivity index (χ2n) is 3.09. The maximum Gasteiger partial charge on any atom is 0.488 e. The van der Waals surface area contributed by atoms with Gasteiger partial charge < -0.3 is 9.92 Å². The molecule has 0 aliphatic carbocycles. The molecule has 7 heteroatoms. The Morgan fingerprint density at radius 2 is 2.12 bits per heavy atom. The molecule has 0 saturated heterocycles. The lowest BCUT2D eigenvalue weighted by Crippen LogP contribution is -2.11. The highest BCUT2D eigenvalue weighted by Crippen LogP contribution is 2.16. The van der Waals surface area contributed by atoms with Crippen LogP contribution in [0.15, 0.2) is 24.3 Å². The molecule has 0 unspecified atom stereocenters. The van der Waals surface area contributed by atoms with Crippen LogP contribution in [0.5, 0.6) is 5.75 Å². The van der Waals surface area contributed by atoms with Crippen LogP contribution in [0.3, 0.4) is 0 Å². The molecule has 88 valence electrons. The van der Waals surface area contributed by atoms with Crippen molar-refractivity contribution >= 4 is 16.4 Å². The van der Waals surface area contributed by atoms with Gasteiger partial charge in [0.25, 0.3) is 0 Å². The summed E-state index contributed by atoms with van der Waals surface area (Å²) in [5.74, 6) is -0.603. The average molecular weight is 247 g/mol. The van der Waals surface area contributed by atoms with Crippen LogP contribution in [0.25, 0.3) is 0 Å². The molecule has 0 spiro atoms. The maximum atomic E-state index is 12.2. The molecule has 1 rings (SSSR count). The number of hydrogen-bond donors (Lipinski definition) is 1. The molecule has 0 radical (unpaired) electrons. The van der Waals surface area contributed by atoms with E-state index in [2.05, 4.69) is 4.18 Å². The van der Waals surface area contributed by atoms with Crippen molar-refractivity contribution in [3.8, 4) is 5.75 Å². The lowest BCUT2D eigenvalue weighted by atomic mass is 10.1. The van der Waals surface area contributed by atoms with Gasteiger partial charge in [-0.1, -0.05) is 16.0 Å². The first kappa shape index (κ1) is 12.4. The van der Waals surface area contributed by atoms with Gasteiger partial charge in [-0.3, -0.25) is 4.79 Å². The van der Waals surface area contributed by atoms with Crippen LogP contribution in [0.1, 0.15) is 12.0 Å². The molecule has 16 heavy (non-hydrogen) atoms. The maximum absolute atomic E-state index is 12.2. The van der Waals surface area contributed by atoms with Gasteiger partial charge in [0.1, 0.15) is 5.75 Å². The van der Waals surface area contributed by atoms with E-state index < -0.39 is 16.4 Å². The number of carbonyl (C=O) groups excluding carboxylic acids is 1. The molecule has 0 saturated carbocycles. The molecule has 2 N–H and O–H groups in total. The predicted molar refractivity (Wildman–Crippen MR) is 54.6 cm³/mol. The van der Waals surface area contributed by atoms with Gasteiger partial charge in [0, 0.05) is 6.42 Å². The number of amides is 1. The molecule has 0 bridgehead atoms. The van der Waals surface area contributed by atoms with Crippen LogP contribution in [0, 0.1) is 0 Å². The van der Waals surface area contributed by atoms with Gasteiger partial charge in [0.15, 0.2) is 0 Å². The summed E-state index contributed by atoms with van der Waals surface area (Å²) in [6, 6.07) is 5.78. The lowest BCUT2D eigenvalue weighted by Gasteiger charge is -2.03. The van der Waals surface area contributed by atoms with Crippen molar-refractivity contribution in [1.29, 1.82) is 0 Å². The van der Waals surface area contributed by atoms with Crippen LogP contribution in [0.4, 0.5) is 3.89 Å². The molecular weight excluding hydrogens is 237 g/mol. The molecule has 0 aliphatic heterocycles. The number of rotatable bonds is 5. The van der Waals surface area contributed by atoms with E-state index in [-0.39, 0.29) is 12.2 Å². The Balaban J connectivity index is 2.75. The van der Waals surface area contributed by atoms with E-state index in [4.69, 9.17) is 5.73 Å². The minimum absolute atomic E-state index is 0.131. The van der Waals surface area contributed by atoms with Crippen LogP contribution >= 0.6 is 0 Å². The topological polar surface area (TPSA) is 86.5 Å². The summed E-state index contributed by atoms with van der Waals surface area (Å²) < 4.78 is 36.7. The van der Waals surface area contributed by atoms with E-state index in [9.17, 15) is 17.1 Å². The Hall–Kier alpha value is -1.63. The van der Waals surface area contributed by atoms with Crippen molar-refractivity contribution in [2.45, 2.75) is 12.8 Å². The third kappa shape index (κ3) is 4.74. The van der Waals surface area contributed by atoms with E-state index in [1.807, 2.05) is 0 Å². The van der Waals surface area contributed by atoms with E-state index in [1.54, 1.807) is 6.07 Å². The second-order valence-corrected chi connectivity index (χ2v) is 4.04. The molecule has 0 atom stereocenters. The molecular formula is C9H10FNO4S. The zero-order chi connectivity index (χ0) is 12.2. The summed E-state index contributed by atoms with van der Waals surface area (Å²) in [6.07, 6.45) is 0.477. The van der Waals surface area contributed by atoms with Crippen LogP contribution in [-0.2, 0) is 21.7 Å². The Labute approximate surface area is 92.4 Å². The predicted octanol–water partition coefficient (Wildman–Crippen LogP) is 0.698. The van der Waals surface area contributed by atoms with E-state index >= 15 is 0 Å². The Bertz CT molecular complexity index is 486. The largest absolute Gasteiger partial charge is 0.488 e. The Morgan fingerprint density at radius 1 is 1.44 bits per heavy atom. The van der Waals surface area contributed by atoms with Gasteiger partial charge in [0.2, 0.25) is 5.91 Å². The molecule has 0 aromatic heterocycles. The third-order valence-electron chi connectivity index (χ3n) is 1.75. The number of primary amides is 1. The van der Waals surface area contributed by atoms with Crippen molar-refractivity contribution in [2.75, 3.05) is 0 Å². The summed E-state index contributed by atoms with van der Waals surface area (Å²) >= 11 is 0. The smallest absolute Gasteiger partial charge is 0.370 e. The summed E-state index contributed by atoms with van der Waals surface area (Å²) in [4.78, 5) is 10.5. The Kier molecular flexibility index (Phi) is 3.83. The molecule has 1 amide bonds. The van der Waals surface area contributed by atoms with Gasteiger partial charge in [-0.25, -0.2) is 0 Å². The van der Waals surface area contributed by atoms with Crippen LogP contribution in [-0.4, -0.2) is 14.3 Å². The van der Waals surface area contributed by atoms with Gasteiger partial charge in [-0.15, -0.1) is 0 Å². The van der Waals surface area contributed by atoms with E-state index in [0.717, 1.165) is 0 Å². The van der Waals surface area contributed by atoms with E-state index in [1.165, 1.54) is 18.2 Å². The Morgan fingerprint density at radius 3 is 2.69 bits per heavy atom. The van der Waals surface area contributed by atoms with Crippen LogP contribution < -0.4 is 9.92 Å². The van der Waals surface area contributed by atoms with Crippen molar-refractivity contribution in [2.24, 2.45) is 5.73 Å². The fourth-order valence-electron chi connectivity index (χ4n) is 1.14. The monoisotopic (exact) mass is 247 g/mol. The lowest BCUT2D eigenvalue weighted by molar-refractivity contribution is -0.117. The van der Waals surface area contributed by atoms with Gasteiger partial charge in [-0.2, -0.15) is 8.42 Å². The van der Waals surface area contributed by atoms with Crippen molar-refractivity contribution in [3.63, 3.8) is 0 Å². The van der Waals surface area contributed by atoms with Gasteiger partial charge in [0.05, 0.1) is 0 Å². The van der Waals surface area contributed by atoms with Crippen LogP contribution in [0.2, 0.25) is 0 Å². The first-order chi connectivity index (χ1) is 7.37. The SMILES string of the molecule is NC(=O)CCc1cccc(OS(=O)(=O)F)c1. The second kappa shape index (κ2) is 4.93. The van der Waals surface area contributed by atoms with Crippen molar-refractivity contribution < 1.29 is 21.3 Å². The quantitative estimate of drug-likeness (QED) is 0.776. The average Bonchev–Trinajstić information content (AvgIpc) is 2.12. The number of carbonyl (C=O) groups is 1. The number of halogens is 1. The first-order valence-corrected chi connectivity index (χ1v) is 5.69. The van der Waals surface area contributed by atoms with Gasteiger partial charge >= 0.3 is 10.5 Å². The minimum Gasteiger partial charge on any atom is -0.370 e. The molecule has 0 fully saturated rings.